The Kier molecular flexibility index (Phi) is 3.53. The average molecular weight is 277 g/mol. The van der Waals surface area contributed by atoms with Crippen molar-refractivity contribution in [1.29, 1.82) is 0 Å². The summed E-state index contributed by atoms with van der Waals surface area (Å²) in [6.45, 7) is 4.14. The number of amides is 1. The zero-order valence-corrected chi connectivity index (χ0v) is 11.5. The van der Waals surface area contributed by atoms with Crippen LogP contribution in [0.1, 0.15) is 23.7 Å². The minimum absolute atomic E-state index is 0.0621. The van der Waals surface area contributed by atoms with Gasteiger partial charge in [-0.3, -0.25) is 4.79 Å². The van der Waals surface area contributed by atoms with Gasteiger partial charge in [0.2, 0.25) is 0 Å². The molecule has 5 heteroatoms. The first-order valence-corrected chi connectivity index (χ1v) is 7.02. The number of nitrogens with zero attached hydrogens (tertiary/aromatic N) is 1. The van der Waals surface area contributed by atoms with E-state index in [1.54, 1.807) is 23.1 Å². The van der Waals surface area contributed by atoms with Crippen LogP contribution in [-0.2, 0) is 0 Å². The molecule has 20 heavy (non-hydrogen) atoms. The number of fused-ring (bicyclic) bond motifs is 1. The molecule has 1 amide bonds. The van der Waals surface area contributed by atoms with Crippen LogP contribution >= 0.6 is 0 Å². The molecule has 0 spiro atoms. The standard InChI is InChI=1S/C15H19NO4/c1-10-4-5-16(9-12(10)17)15(18)11-2-3-13-14(8-11)20-7-6-19-13/h2-3,8,10,12,17H,4-7,9H2,1H3. The van der Waals surface area contributed by atoms with Gasteiger partial charge in [-0.15, -0.1) is 0 Å². The SMILES string of the molecule is CC1CCN(C(=O)c2ccc3c(c2)OCCO3)CC1O. The Morgan fingerprint density at radius 2 is 2.05 bits per heavy atom. The number of rotatable bonds is 1. The summed E-state index contributed by atoms with van der Waals surface area (Å²) in [6, 6.07) is 5.24. The van der Waals surface area contributed by atoms with Gasteiger partial charge < -0.3 is 19.5 Å². The first-order chi connectivity index (χ1) is 9.65. The smallest absolute Gasteiger partial charge is 0.254 e. The molecule has 0 aliphatic carbocycles. The number of aliphatic hydroxyl groups is 1. The Morgan fingerprint density at radius 3 is 2.80 bits per heavy atom. The number of ether oxygens (including phenoxy) is 2. The fourth-order valence-corrected chi connectivity index (χ4v) is 2.59. The number of hydrogen-bond donors (Lipinski definition) is 1. The lowest BCUT2D eigenvalue weighted by Gasteiger charge is -2.34. The Morgan fingerprint density at radius 1 is 1.30 bits per heavy atom. The van der Waals surface area contributed by atoms with E-state index in [9.17, 15) is 9.90 Å². The van der Waals surface area contributed by atoms with Crippen LogP contribution in [0.5, 0.6) is 11.5 Å². The van der Waals surface area contributed by atoms with Crippen LogP contribution in [0.4, 0.5) is 0 Å². The molecule has 0 aromatic heterocycles. The summed E-state index contributed by atoms with van der Waals surface area (Å²) < 4.78 is 10.9. The van der Waals surface area contributed by atoms with Gasteiger partial charge in [-0.2, -0.15) is 0 Å². The molecule has 108 valence electrons. The molecule has 0 radical (unpaired) electrons. The van der Waals surface area contributed by atoms with Gasteiger partial charge in [-0.05, 0) is 30.5 Å². The predicted octanol–water partition coefficient (Wildman–Crippen LogP) is 1.30. The molecule has 2 atom stereocenters. The molecule has 1 N–H and O–H groups in total. The summed E-state index contributed by atoms with van der Waals surface area (Å²) in [7, 11) is 0. The molecule has 3 rings (SSSR count). The zero-order chi connectivity index (χ0) is 14.1. The third kappa shape index (κ3) is 2.45. The van der Waals surface area contributed by atoms with Crippen LogP contribution in [0.25, 0.3) is 0 Å². The molecule has 1 aromatic rings. The molecule has 5 nitrogen and oxygen atoms in total. The lowest BCUT2D eigenvalue weighted by molar-refractivity contribution is 0.0248. The van der Waals surface area contributed by atoms with Crippen LogP contribution in [0.3, 0.4) is 0 Å². The maximum atomic E-state index is 12.5. The van der Waals surface area contributed by atoms with E-state index in [1.165, 1.54) is 0 Å². The Balaban J connectivity index is 1.77. The lowest BCUT2D eigenvalue weighted by Crippen LogP contribution is -2.45. The monoisotopic (exact) mass is 277 g/mol. The van der Waals surface area contributed by atoms with E-state index in [1.807, 2.05) is 6.92 Å². The second kappa shape index (κ2) is 5.32. The summed E-state index contributed by atoms with van der Waals surface area (Å²) in [5.41, 5.74) is 0.580. The van der Waals surface area contributed by atoms with Crippen molar-refractivity contribution >= 4 is 5.91 Å². The van der Waals surface area contributed by atoms with Crippen molar-refractivity contribution in [2.75, 3.05) is 26.3 Å². The maximum absolute atomic E-state index is 12.5. The molecule has 2 heterocycles. The van der Waals surface area contributed by atoms with Gasteiger partial charge in [0.05, 0.1) is 6.10 Å². The van der Waals surface area contributed by atoms with E-state index in [2.05, 4.69) is 0 Å². The van der Waals surface area contributed by atoms with Crippen molar-refractivity contribution in [1.82, 2.24) is 4.90 Å². The number of benzene rings is 1. The highest BCUT2D eigenvalue weighted by molar-refractivity contribution is 5.95. The third-order valence-electron chi connectivity index (χ3n) is 3.99. The van der Waals surface area contributed by atoms with Crippen molar-refractivity contribution in [3.63, 3.8) is 0 Å². The highest BCUT2D eigenvalue weighted by Gasteiger charge is 2.28. The molecule has 0 saturated carbocycles. The number of hydrogen-bond acceptors (Lipinski definition) is 4. The number of carbonyl (C=O) groups is 1. The molecule has 1 aromatic carbocycles. The molecular weight excluding hydrogens is 258 g/mol. The van der Waals surface area contributed by atoms with E-state index in [0.29, 0.717) is 43.4 Å². The summed E-state index contributed by atoms with van der Waals surface area (Å²) in [4.78, 5) is 14.2. The van der Waals surface area contributed by atoms with E-state index in [4.69, 9.17) is 9.47 Å². The largest absolute Gasteiger partial charge is 0.486 e. The Bertz CT molecular complexity index is 517. The van der Waals surface area contributed by atoms with Crippen LogP contribution in [0, 0.1) is 5.92 Å². The number of carbonyl (C=O) groups excluding carboxylic acids is 1. The van der Waals surface area contributed by atoms with Gasteiger partial charge >= 0.3 is 0 Å². The van der Waals surface area contributed by atoms with Crippen molar-refractivity contribution in [3.05, 3.63) is 23.8 Å². The zero-order valence-electron chi connectivity index (χ0n) is 11.5. The Labute approximate surface area is 118 Å². The fraction of sp³-hybridized carbons (Fsp3) is 0.533. The lowest BCUT2D eigenvalue weighted by atomic mass is 9.95. The van der Waals surface area contributed by atoms with Gasteiger partial charge in [0.1, 0.15) is 13.2 Å². The van der Waals surface area contributed by atoms with Crippen molar-refractivity contribution in [2.24, 2.45) is 5.92 Å². The van der Waals surface area contributed by atoms with Crippen molar-refractivity contribution in [2.45, 2.75) is 19.4 Å². The van der Waals surface area contributed by atoms with E-state index in [0.717, 1.165) is 6.42 Å². The number of aliphatic hydroxyl groups excluding tert-OH is 1. The molecule has 2 aliphatic heterocycles. The van der Waals surface area contributed by atoms with Gasteiger partial charge in [0.15, 0.2) is 11.5 Å². The van der Waals surface area contributed by atoms with E-state index in [-0.39, 0.29) is 11.8 Å². The molecule has 0 bridgehead atoms. The first-order valence-electron chi connectivity index (χ1n) is 7.02. The molecule has 1 fully saturated rings. The summed E-state index contributed by atoms with van der Waals surface area (Å²) >= 11 is 0. The second-order valence-electron chi connectivity index (χ2n) is 5.44. The molecule has 2 aliphatic rings. The molecule has 1 saturated heterocycles. The maximum Gasteiger partial charge on any atom is 0.254 e. The quantitative estimate of drug-likeness (QED) is 0.840. The highest BCUT2D eigenvalue weighted by Crippen LogP contribution is 2.31. The van der Waals surface area contributed by atoms with Crippen LogP contribution in [-0.4, -0.2) is 48.3 Å². The normalized spacial score (nSPS) is 25.4. The molecular formula is C15H19NO4. The number of piperidine rings is 1. The number of β-amino-alcohol motifs (C(OH)–C–C–N with tert-alkyl or cyclic N) is 1. The first kappa shape index (κ1) is 13.2. The van der Waals surface area contributed by atoms with Crippen LogP contribution < -0.4 is 9.47 Å². The van der Waals surface area contributed by atoms with Gasteiger partial charge in [0, 0.05) is 18.7 Å². The summed E-state index contributed by atoms with van der Waals surface area (Å²) in [5, 5.41) is 9.90. The van der Waals surface area contributed by atoms with Crippen molar-refractivity contribution < 1.29 is 19.4 Å². The number of likely N-dealkylation sites (tertiary alicyclic amines) is 1. The van der Waals surface area contributed by atoms with E-state index >= 15 is 0 Å². The van der Waals surface area contributed by atoms with Crippen molar-refractivity contribution in [3.8, 4) is 11.5 Å². The van der Waals surface area contributed by atoms with Crippen LogP contribution in [0.15, 0.2) is 18.2 Å². The summed E-state index contributed by atoms with van der Waals surface area (Å²) in [6.07, 6.45) is 0.391. The minimum Gasteiger partial charge on any atom is -0.486 e. The second-order valence-corrected chi connectivity index (χ2v) is 5.44. The summed E-state index contributed by atoms with van der Waals surface area (Å²) in [5.74, 6) is 1.49. The minimum atomic E-state index is -0.440. The van der Waals surface area contributed by atoms with Gasteiger partial charge in [-0.25, -0.2) is 0 Å². The average Bonchev–Trinajstić information content (AvgIpc) is 2.49. The van der Waals surface area contributed by atoms with Crippen LogP contribution in [0.2, 0.25) is 0 Å². The Hall–Kier alpha value is -1.75. The third-order valence-corrected chi connectivity index (χ3v) is 3.99. The topological polar surface area (TPSA) is 59.0 Å². The van der Waals surface area contributed by atoms with Gasteiger partial charge in [0.25, 0.3) is 5.91 Å². The fourth-order valence-electron chi connectivity index (χ4n) is 2.59. The molecule has 2 unspecified atom stereocenters. The van der Waals surface area contributed by atoms with Gasteiger partial charge in [-0.1, -0.05) is 6.92 Å². The predicted molar refractivity (Wildman–Crippen MR) is 73.1 cm³/mol. The van der Waals surface area contributed by atoms with E-state index < -0.39 is 6.10 Å². The highest BCUT2D eigenvalue weighted by atomic mass is 16.6.